The molecule has 84 valence electrons. The van der Waals surface area contributed by atoms with Gasteiger partial charge in [-0.2, -0.15) is 8.78 Å². The Hall–Kier alpha value is -0.0900. The highest BCUT2D eigenvalue weighted by Crippen LogP contribution is 2.39. The van der Waals surface area contributed by atoms with Crippen molar-refractivity contribution in [2.24, 2.45) is 0 Å². The van der Waals surface area contributed by atoms with Crippen LogP contribution >= 0.6 is 35.6 Å². The van der Waals surface area contributed by atoms with Crippen LogP contribution in [0.15, 0.2) is 12.1 Å². The first kappa shape index (κ1) is 13.0. The Morgan fingerprint density at radius 1 is 1.27 bits per heavy atom. The third kappa shape index (κ3) is 2.36. The van der Waals surface area contributed by atoms with E-state index in [2.05, 4.69) is 5.32 Å². The van der Waals surface area contributed by atoms with Crippen molar-refractivity contribution < 1.29 is 8.78 Å². The van der Waals surface area contributed by atoms with E-state index in [9.17, 15) is 8.78 Å². The molecule has 0 amide bonds. The standard InChI is InChI=1S/C9H7Cl2F2N.ClH/c10-6-1-5-3-14-4-9(12,13)8(5)7(11)2-6;/h1-2,14H,3-4H2;1H. The van der Waals surface area contributed by atoms with E-state index < -0.39 is 5.92 Å². The molecular formula is C9H8Cl3F2N. The first-order valence-corrected chi connectivity index (χ1v) is 4.83. The zero-order chi connectivity index (χ0) is 10.3. The molecule has 0 fully saturated rings. The fourth-order valence-corrected chi connectivity index (χ4v) is 2.29. The SMILES string of the molecule is Cl.FC1(F)CNCc2cc(Cl)cc(Cl)c21. The maximum absolute atomic E-state index is 13.4. The Balaban J connectivity index is 0.00000112. The lowest BCUT2D eigenvalue weighted by Crippen LogP contribution is -2.37. The number of fused-ring (bicyclic) bond motifs is 1. The Morgan fingerprint density at radius 2 is 1.93 bits per heavy atom. The van der Waals surface area contributed by atoms with E-state index >= 15 is 0 Å². The molecule has 0 unspecified atom stereocenters. The van der Waals surface area contributed by atoms with Crippen LogP contribution in [0.5, 0.6) is 0 Å². The van der Waals surface area contributed by atoms with Crippen LogP contribution in [0.1, 0.15) is 11.1 Å². The number of rotatable bonds is 0. The minimum absolute atomic E-state index is 0. The summed E-state index contributed by atoms with van der Waals surface area (Å²) in [5, 5.41) is 3.04. The average Bonchev–Trinajstić information content (AvgIpc) is 2.00. The van der Waals surface area contributed by atoms with Crippen molar-refractivity contribution in [3.8, 4) is 0 Å². The molecule has 0 aliphatic carbocycles. The fraction of sp³-hybridized carbons (Fsp3) is 0.333. The van der Waals surface area contributed by atoms with Gasteiger partial charge in [-0.25, -0.2) is 0 Å². The van der Waals surface area contributed by atoms with Gasteiger partial charge in [0.1, 0.15) is 0 Å². The van der Waals surface area contributed by atoms with Crippen molar-refractivity contribution >= 4 is 35.6 Å². The number of hydrogen-bond acceptors (Lipinski definition) is 1. The van der Waals surface area contributed by atoms with Crippen LogP contribution in [0.3, 0.4) is 0 Å². The number of alkyl halides is 2. The van der Waals surface area contributed by atoms with E-state index in [1.165, 1.54) is 12.1 Å². The Kier molecular flexibility index (Phi) is 3.82. The number of nitrogens with one attached hydrogen (secondary N) is 1. The summed E-state index contributed by atoms with van der Waals surface area (Å²) in [7, 11) is 0. The molecule has 0 radical (unpaired) electrons. The third-order valence-electron chi connectivity index (χ3n) is 2.16. The Morgan fingerprint density at radius 3 is 2.60 bits per heavy atom. The maximum atomic E-state index is 13.4. The minimum Gasteiger partial charge on any atom is -0.307 e. The maximum Gasteiger partial charge on any atom is 0.287 e. The first-order chi connectivity index (χ1) is 6.50. The summed E-state index contributed by atoms with van der Waals surface area (Å²) in [5.41, 5.74) is 0.376. The van der Waals surface area contributed by atoms with Crippen molar-refractivity contribution in [3.63, 3.8) is 0 Å². The van der Waals surface area contributed by atoms with Crippen LogP contribution < -0.4 is 5.32 Å². The van der Waals surface area contributed by atoms with Gasteiger partial charge in [0.2, 0.25) is 0 Å². The van der Waals surface area contributed by atoms with Gasteiger partial charge in [-0.3, -0.25) is 0 Å². The molecule has 1 aromatic carbocycles. The van der Waals surface area contributed by atoms with Gasteiger partial charge >= 0.3 is 0 Å². The molecule has 1 heterocycles. The molecule has 0 spiro atoms. The quantitative estimate of drug-likeness (QED) is 0.762. The van der Waals surface area contributed by atoms with Crippen LogP contribution in [0, 0.1) is 0 Å². The summed E-state index contributed by atoms with van der Waals surface area (Å²) in [6.07, 6.45) is 0. The monoisotopic (exact) mass is 273 g/mol. The van der Waals surface area contributed by atoms with Crippen molar-refractivity contribution in [2.75, 3.05) is 6.54 Å². The van der Waals surface area contributed by atoms with E-state index in [0.717, 1.165) is 0 Å². The molecule has 0 saturated heterocycles. The van der Waals surface area contributed by atoms with Crippen LogP contribution in [-0.4, -0.2) is 6.54 Å². The van der Waals surface area contributed by atoms with E-state index in [1.807, 2.05) is 0 Å². The molecule has 1 nitrogen and oxygen atoms in total. The predicted molar refractivity (Wildman–Crippen MR) is 59.3 cm³/mol. The summed E-state index contributed by atoms with van der Waals surface area (Å²) < 4.78 is 26.8. The molecular weight excluding hydrogens is 266 g/mol. The molecule has 2 rings (SSSR count). The minimum atomic E-state index is -2.91. The molecule has 1 aliphatic rings. The van der Waals surface area contributed by atoms with Crippen molar-refractivity contribution in [3.05, 3.63) is 33.3 Å². The summed E-state index contributed by atoms with van der Waals surface area (Å²) in [4.78, 5) is 0. The second kappa shape index (κ2) is 4.42. The van der Waals surface area contributed by atoms with Gasteiger partial charge in [-0.15, -0.1) is 12.4 Å². The fourth-order valence-electron chi connectivity index (χ4n) is 1.62. The normalized spacial score (nSPS) is 17.9. The van der Waals surface area contributed by atoms with Crippen LogP contribution in [-0.2, 0) is 12.5 Å². The molecule has 0 atom stereocenters. The second-order valence-corrected chi connectivity index (χ2v) is 4.07. The Bertz CT molecular complexity index is 382. The van der Waals surface area contributed by atoms with E-state index in [-0.39, 0.29) is 29.5 Å². The molecule has 6 heteroatoms. The van der Waals surface area contributed by atoms with Gasteiger partial charge in [0, 0.05) is 17.1 Å². The third-order valence-corrected chi connectivity index (χ3v) is 2.68. The summed E-state index contributed by atoms with van der Waals surface area (Å²) in [5.74, 6) is -2.91. The largest absolute Gasteiger partial charge is 0.307 e. The highest BCUT2D eigenvalue weighted by Gasteiger charge is 2.38. The van der Waals surface area contributed by atoms with Crippen molar-refractivity contribution in [2.45, 2.75) is 12.5 Å². The molecule has 1 aliphatic heterocycles. The van der Waals surface area contributed by atoms with Crippen LogP contribution in [0.25, 0.3) is 0 Å². The topological polar surface area (TPSA) is 12.0 Å². The van der Waals surface area contributed by atoms with E-state index in [1.54, 1.807) is 0 Å². The lowest BCUT2D eigenvalue weighted by Gasteiger charge is -2.27. The van der Waals surface area contributed by atoms with Crippen LogP contribution in [0.2, 0.25) is 10.0 Å². The molecule has 1 aromatic rings. The average molecular weight is 275 g/mol. The van der Waals surface area contributed by atoms with Gasteiger partial charge in [0.25, 0.3) is 5.92 Å². The smallest absolute Gasteiger partial charge is 0.287 e. The molecule has 1 N–H and O–H groups in total. The van der Waals surface area contributed by atoms with Crippen molar-refractivity contribution in [1.82, 2.24) is 5.32 Å². The van der Waals surface area contributed by atoms with Crippen molar-refractivity contribution in [1.29, 1.82) is 0 Å². The molecule has 0 saturated carbocycles. The highest BCUT2D eigenvalue weighted by atomic mass is 35.5. The summed E-state index contributed by atoms with van der Waals surface area (Å²) >= 11 is 11.5. The molecule has 0 aromatic heterocycles. The number of hydrogen-bond donors (Lipinski definition) is 1. The zero-order valence-electron chi connectivity index (χ0n) is 7.49. The van der Waals surface area contributed by atoms with Crippen LogP contribution in [0.4, 0.5) is 8.78 Å². The van der Waals surface area contributed by atoms with E-state index in [0.29, 0.717) is 17.1 Å². The summed E-state index contributed by atoms with van der Waals surface area (Å²) in [6.45, 7) is 0.00650. The summed E-state index contributed by atoms with van der Waals surface area (Å²) in [6, 6.07) is 2.87. The Labute approximate surface area is 102 Å². The van der Waals surface area contributed by atoms with Gasteiger partial charge in [0.15, 0.2) is 0 Å². The molecule has 15 heavy (non-hydrogen) atoms. The predicted octanol–water partition coefficient (Wildman–Crippen LogP) is 3.61. The first-order valence-electron chi connectivity index (χ1n) is 4.07. The zero-order valence-corrected chi connectivity index (χ0v) is 9.82. The van der Waals surface area contributed by atoms with Gasteiger partial charge in [-0.05, 0) is 17.7 Å². The van der Waals surface area contributed by atoms with Gasteiger partial charge in [0.05, 0.1) is 11.6 Å². The molecule has 0 bridgehead atoms. The highest BCUT2D eigenvalue weighted by molar-refractivity contribution is 6.35. The number of benzene rings is 1. The lowest BCUT2D eigenvalue weighted by molar-refractivity contribution is -0.0106. The van der Waals surface area contributed by atoms with Gasteiger partial charge < -0.3 is 5.32 Å². The van der Waals surface area contributed by atoms with Gasteiger partial charge in [-0.1, -0.05) is 23.2 Å². The van der Waals surface area contributed by atoms with E-state index in [4.69, 9.17) is 23.2 Å². The second-order valence-electron chi connectivity index (χ2n) is 3.23. The number of halogens is 5. The lowest BCUT2D eigenvalue weighted by atomic mass is 9.98.